The lowest BCUT2D eigenvalue weighted by Gasteiger charge is -2.38. The first-order valence-corrected chi connectivity index (χ1v) is 6.67. The fourth-order valence-electron chi connectivity index (χ4n) is 2.72. The Morgan fingerprint density at radius 1 is 1.29 bits per heavy atom. The minimum Gasteiger partial charge on any atom is -0.344 e. The number of nitrogens with zero attached hydrogens (tertiary/aromatic N) is 2. The minimum absolute atomic E-state index is 0.0662. The molecule has 1 N–H and O–H groups in total. The zero-order chi connectivity index (χ0) is 12.5. The molecule has 4 heteroatoms. The zero-order valence-electron chi connectivity index (χ0n) is 11.3. The highest BCUT2D eigenvalue weighted by molar-refractivity contribution is 5.83. The molecular weight excluding hydrogens is 214 g/mol. The van der Waals surface area contributed by atoms with Gasteiger partial charge in [0.15, 0.2) is 0 Å². The molecule has 2 saturated heterocycles. The van der Waals surface area contributed by atoms with Gasteiger partial charge in [-0.1, -0.05) is 6.92 Å². The molecule has 1 unspecified atom stereocenters. The lowest BCUT2D eigenvalue weighted by Crippen LogP contribution is -2.46. The fraction of sp³-hybridized carbons (Fsp3) is 0.923. The average Bonchev–Trinajstić information content (AvgIpc) is 2.62. The van der Waals surface area contributed by atoms with Gasteiger partial charge in [-0.2, -0.15) is 0 Å². The van der Waals surface area contributed by atoms with Gasteiger partial charge in [0.05, 0.1) is 6.04 Å². The number of likely N-dealkylation sites (N-methyl/N-ethyl adjacent to an activating group) is 1. The lowest BCUT2D eigenvalue weighted by atomic mass is 9.80. The smallest absolute Gasteiger partial charge is 0.239 e. The number of carbonyl (C=O) groups is 1. The molecule has 4 nitrogen and oxygen atoms in total. The molecule has 1 atom stereocenters. The Hall–Kier alpha value is -0.610. The SMILES string of the molecule is CN1CCC(C)(CNC2CCN(C)C2=O)CC1. The predicted octanol–water partition coefficient (Wildman–Crippen LogP) is 0.539. The number of piperidine rings is 1. The number of hydrogen-bond acceptors (Lipinski definition) is 3. The van der Waals surface area contributed by atoms with E-state index < -0.39 is 0 Å². The Kier molecular flexibility index (Phi) is 3.73. The van der Waals surface area contributed by atoms with Crippen molar-refractivity contribution >= 4 is 5.91 Å². The van der Waals surface area contributed by atoms with E-state index in [1.807, 2.05) is 11.9 Å². The Labute approximate surface area is 104 Å². The lowest BCUT2D eigenvalue weighted by molar-refractivity contribution is -0.128. The maximum atomic E-state index is 11.8. The van der Waals surface area contributed by atoms with Crippen LogP contribution >= 0.6 is 0 Å². The number of amides is 1. The number of rotatable bonds is 3. The van der Waals surface area contributed by atoms with E-state index in [1.54, 1.807) is 0 Å². The first-order chi connectivity index (χ1) is 8.00. The highest BCUT2D eigenvalue weighted by Gasteiger charge is 2.33. The molecule has 0 spiro atoms. The van der Waals surface area contributed by atoms with Crippen molar-refractivity contribution in [1.82, 2.24) is 15.1 Å². The van der Waals surface area contributed by atoms with Gasteiger partial charge in [-0.25, -0.2) is 0 Å². The van der Waals surface area contributed by atoms with Gasteiger partial charge < -0.3 is 15.1 Å². The Bertz CT molecular complexity index is 284. The third-order valence-corrected chi connectivity index (χ3v) is 4.40. The number of likely N-dealkylation sites (tertiary alicyclic amines) is 2. The third kappa shape index (κ3) is 2.99. The Morgan fingerprint density at radius 2 is 1.94 bits per heavy atom. The molecule has 0 aromatic rings. The van der Waals surface area contributed by atoms with Crippen molar-refractivity contribution in [3.63, 3.8) is 0 Å². The van der Waals surface area contributed by atoms with Gasteiger partial charge in [0.1, 0.15) is 0 Å². The second kappa shape index (κ2) is 4.94. The molecule has 0 aromatic carbocycles. The van der Waals surface area contributed by atoms with E-state index in [2.05, 4.69) is 24.2 Å². The number of carbonyl (C=O) groups excluding carboxylic acids is 1. The number of hydrogen-bond donors (Lipinski definition) is 1. The molecule has 2 aliphatic heterocycles. The van der Waals surface area contributed by atoms with Gasteiger partial charge in [0.25, 0.3) is 0 Å². The zero-order valence-corrected chi connectivity index (χ0v) is 11.3. The quantitative estimate of drug-likeness (QED) is 0.781. The van der Waals surface area contributed by atoms with Crippen LogP contribution in [0.2, 0.25) is 0 Å². The first kappa shape index (κ1) is 12.8. The summed E-state index contributed by atoms with van der Waals surface area (Å²) in [5.41, 5.74) is 0.369. The first-order valence-electron chi connectivity index (χ1n) is 6.67. The summed E-state index contributed by atoms with van der Waals surface area (Å²) in [6, 6.07) is 0.0662. The topological polar surface area (TPSA) is 35.6 Å². The van der Waals surface area contributed by atoms with Crippen LogP contribution in [0.15, 0.2) is 0 Å². The van der Waals surface area contributed by atoms with Crippen molar-refractivity contribution < 1.29 is 4.79 Å². The van der Waals surface area contributed by atoms with E-state index in [0.717, 1.165) is 19.5 Å². The van der Waals surface area contributed by atoms with Crippen LogP contribution in [0.1, 0.15) is 26.2 Å². The molecule has 17 heavy (non-hydrogen) atoms. The molecule has 98 valence electrons. The van der Waals surface area contributed by atoms with Crippen molar-refractivity contribution in [3.8, 4) is 0 Å². The van der Waals surface area contributed by atoms with Crippen LogP contribution < -0.4 is 5.32 Å². The normalized spacial score (nSPS) is 29.9. The minimum atomic E-state index is 0.0662. The molecule has 0 saturated carbocycles. The summed E-state index contributed by atoms with van der Waals surface area (Å²) in [5, 5.41) is 3.48. The largest absolute Gasteiger partial charge is 0.344 e. The van der Waals surface area contributed by atoms with E-state index in [4.69, 9.17) is 0 Å². The molecule has 1 amide bonds. The van der Waals surface area contributed by atoms with Gasteiger partial charge in [-0.05, 0) is 44.8 Å². The molecule has 0 aliphatic carbocycles. The van der Waals surface area contributed by atoms with Crippen molar-refractivity contribution in [2.24, 2.45) is 5.41 Å². The van der Waals surface area contributed by atoms with Gasteiger partial charge in [-0.15, -0.1) is 0 Å². The molecule has 0 radical (unpaired) electrons. The second-order valence-corrected chi connectivity index (χ2v) is 6.10. The van der Waals surface area contributed by atoms with E-state index >= 15 is 0 Å². The monoisotopic (exact) mass is 239 g/mol. The highest BCUT2D eigenvalue weighted by atomic mass is 16.2. The molecule has 0 bridgehead atoms. The molecule has 0 aromatic heterocycles. The van der Waals surface area contributed by atoms with Crippen LogP contribution in [0.3, 0.4) is 0 Å². The van der Waals surface area contributed by atoms with E-state index in [-0.39, 0.29) is 11.9 Å². The second-order valence-electron chi connectivity index (χ2n) is 6.10. The van der Waals surface area contributed by atoms with Gasteiger partial charge in [0.2, 0.25) is 5.91 Å². The summed E-state index contributed by atoms with van der Waals surface area (Å²) in [5.74, 6) is 0.265. The summed E-state index contributed by atoms with van der Waals surface area (Å²) < 4.78 is 0. The van der Waals surface area contributed by atoms with Crippen LogP contribution in [0.5, 0.6) is 0 Å². The van der Waals surface area contributed by atoms with Crippen molar-refractivity contribution in [2.45, 2.75) is 32.2 Å². The maximum absolute atomic E-state index is 11.8. The average molecular weight is 239 g/mol. The highest BCUT2D eigenvalue weighted by Crippen LogP contribution is 2.29. The van der Waals surface area contributed by atoms with Crippen molar-refractivity contribution in [3.05, 3.63) is 0 Å². The molecule has 2 fully saturated rings. The van der Waals surface area contributed by atoms with Crippen LogP contribution in [-0.2, 0) is 4.79 Å². The van der Waals surface area contributed by atoms with Crippen molar-refractivity contribution in [1.29, 1.82) is 0 Å². The fourth-order valence-corrected chi connectivity index (χ4v) is 2.72. The summed E-state index contributed by atoms with van der Waals surface area (Å²) in [4.78, 5) is 16.0. The Morgan fingerprint density at radius 3 is 2.47 bits per heavy atom. The van der Waals surface area contributed by atoms with E-state index in [9.17, 15) is 4.79 Å². The summed E-state index contributed by atoms with van der Waals surface area (Å²) in [6.45, 7) is 6.57. The van der Waals surface area contributed by atoms with Gasteiger partial charge in [0, 0.05) is 20.1 Å². The van der Waals surface area contributed by atoms with Crippen LogP contribution in [0, 0.1) is 5.41 Å². The Balaban J connectivity index is 1.80. The van der Waals surface area contributed by atoms with E-state index in [1.165, 1.54) is 25.9 Å². The van der Waals surface area contributed by atoms with E-state index in [0.29, 0.717) is 5.41 Å². The summed E-state index contributed by atoms with van der Waals surface area (Å²) in [7, 11) is 4.07. The molecule has 2 heterocycles. The third-order valence-electron chi connectivity index (χ3n) is 4.40. The standard InChI is InChI=1S/C13H25N3O/c1-13(5-8-15(2)9-6-13)10-14-11-4-7-16(3)12(11)17/h11,14H,4-10H2,1-3H3. The summed E-state index contributed by atoms with van der Waals surface area (Å²) in [6.07, 6.45) is 3.42. The maximum Gasteiger partial charge on any atom is 0.239 e. The van der Waals surface area contributed by atoms with Gasteiger partial charge in [-0.3, -0.25) is 4.79 Å². The van der Waals surface area contributed by atoms with Crippen LogP contribution in [-0.4, -0.2) is 62.0 Å². The number of nitrogens with one attached hydrogen (secondary N) is 1. The van der Waals surface area contributed by atoms with Crippen LogP contribution in [0.4, 0.5) is 0 Å². The van der Waals surface area contributed by atoms with Crippen molar-refractivity contribution in [2.75, 3.05) is 40.3 Å². The molecule has 2 aliphatic rings. The van der Waals surface area contributed by atoms with Crippen LogP contribution in [0.25, 0.3) is 0 Å². The molecular formula is C13H25N3O. The summed E-state index contributed by atoms with van der Waals surface area (Å²) >= 11 is 0. The van der Waals surface area contributed by atoms with Gasteiger partial charge >= 0.3 is 0 Å². The predicted molar refractivity (Wildman–Crippen MR) is 68.9 cm³/mol. The molecule has 2 rings (SSSR count).